The number of halogens is 1. The van der Waals surface area contributed by atoms with Gasteiger partial charge in [0.25, 0.3) is 0 Å². The van der Waals surface area contributed by atoms with Crippen molar-refractivity contribution in [1.82, 2.24) is 5.32 Å². The number of hydrogen-bond donors (Lipinski definition) is 2. The summed E-state index contributed by atoms with van der Waals surface area (Å²) >= 11 is 0. The molecule has 1 unspecified atom stereocenters. The SMILES string of the molecule is CCCNC(CC(N)=O)c1ccccc1F. The predicted octanol–water partition coefficient (Wildman–Crippen LogP) is 1.74. The van der Waals surface area contributed by atoms with E-state index in [1.807, 2.05) is 6.92 Å². The maximum absolute atomic E-state index is 13.5. The summed E-state index contributed by atoms with van der Waals surface area (Å²) in [6.45, 7) is 2.74. The Morgan fingerprint density at radius 2 is 2.19 bits per heavy atom. The molecule has 0 bridgehead atoms. The lowest BCUT2D eigenvalue weighted by Gasteiger charge is -2.17. The Morgan fingerprint density at radius 1 is 1.50 bits per heavy atom. The third-order valence-electron chi connectivity index (χ3n) is 2.33. The second-order valence-electron chi connectivity index (χ2n) is 3.70. The van der Waals surface area contributed by atoms with Gasteiger partial charge in [0.2, 0.25) is 5.91 Å². The molecule has 0 aliphatic carbocycles. The van der Waals surface area contributed by atoms with Crippen molar-refractivity contribution in [3.63, 3.8) is 0 Å². The smallest absolute Gasteiger partial charge is 0.219 e. The molecule has 0 fully saturated rings. The molecule has 1 amide bonds. The Labute approximate surface area is 94.8 Å². The minimum atomic E-state index is -0.433. The van der Waals surface area contributed by atoms with E-state index in [1.54, 1.807) is 18.2 Å². The molecule has 0 spiro atoms. The van der Waals surface area contributed by atoms with E-state index in [1.165, 1.54) is 6.07 Å². The Bertz CT molecular complexity index is 355. The van der Waals surface area contributed by atoms with Crippen LogP contribution in [0.25, 0.3) is 0 Å². The molecule has 0 aliphatic heterocycles. The molecule has 88 valence electrons. The number of rotatable bonds is 6. The summed E-state index contributed by atoms with van der Waals surface area (Å²) in [5.41, 5.74) is 5.65. The number of hydrogen-bond acceptors (Lipinski definition) is 2. The van der Waals surface area contributed by atoms with E-state index >= 15 is 0 Å². The van der Waals surface area contributed by atoms with Crippen molar-refractivity contribution in [3.8, 4) is 0 Å². The second-order valence-corrected chi connectivity index (χ2v) is 3.70. The molecule has 1 rings (SSSR count). The summed E-state index contributed by atoms with van der Waals surface area (Å²) in [5.74, 6) is -0.741. The van der Waals surface area contributed by atoms with Gasteiger partial charge in [-0.05, 0) is 19.0 Å². The molecule has 0 aromatic heterocycles. The lowest BCUT2D eigenvalue weighted by molar-refractivity contribution is -0.118. The average Bonchev–Trinajstić information content (AvgIpc) is 2.24. The third kappa shape index (κ3) is 3.62. The van der Waals surface area contributed by atoms with Crippen molar-refractivity contribution >= 4 is 5.91 Å². The Hall–Kier alpha value is -1.42. The van der Waals surface area contributed by atoms with Crippen molar-refractivity contribution in [2.75, 3.05) is 6.54 Å². The molecule has 0 heterocycles. The molecule has 3 N–H and O–H groups in total. The van der Waals surface area contributed by atoms with E-state index in [0.717, 1.165) is 13.0 Å². The van der Waals surface area contributed by atoms with Gasteiger partial charge >= 0.3 is 0 Å². The van der Waals surface area contributed by atoms with E-state index < -0.39 is 5.91 Å². The number of nitrogens with one attached hydrogen (secondary N) is 1. The molecular weight excluding hydrogens is 207 g/mol. The highest BCUT2D eigenvalue weighted by molar-refractivity contribution is 5.74. The maximum atomic E-state index is 13.5. The fourth-order valence-electron chi connectivity index (χ4n) is 1.57. The molecule has 16 heavy (non-hydrogen) atoms. The maximum Gasteiger partial charge on any atom is 0.219 e. The van der Waals surface area contributed by atoms with Gasteiger partial charge in [0, 0.05) is 18.0 Å². The lowest BCUT2D eigenvalue weighted by Crippen LogP contribution is -2.28. The molecule has 1 aromatic carbocycles. The standard InChI is InChI=1S/C12H17FN2O/c1-2-7-15-11(8-12(14)16)9-5-3-4-6-10(9)13/h3-6,11,15H,2,7-8H2,1H3,(H2,14,16). The zero-order valence-electron chi connectivity index (χ0n) is 9.37. The summed E-state index contributed by atoms with van der Waals surface area (Å²) in [6, 6.07) is 6.10. The summed E-state index contributed by atoms with van der Waals surface area (Å²) in [5, 5.41) is 3.12. The first-order chi connectivity index (χ1) is 7.65. The van der Waals surface area contributed by atoms with Gasteiger partial charge in [-0.15, -0.1) is 0 Å². The minimum absolute atomic E-state index is 0.112. The minimum Gasteiger partial charge on any atom is -0.370 e. The zero-order chi connectivity index (χ0) is 12.0. The van der Waals surface area contributed by atoms with Gasteiger partial charge < -0.3 is 11.1 Å². The summed E-state index contributed by atoms with van der Waals surface area (Å²) in [6.07, 6.45) is 1.03. The van der Waals surface area contributed by atoms with Crippen LogP contribution in [0.3, 0.4) is 0 Å². The van der Waals surface area contributed by atoms with Crippen molar-refractivity contribution in [2.24, 2.45) is 5.73 Å². The number of carbonyl (C=O) groups is 1. The van der Waals surface area contributed by atoms with Gasteiger partial charge in [-0.2, -0.15) is 0 Å². The van der Waals surface area contributed by atoms with Gasteiger partial charge in [-0.25, -0.2) is 4.39 Å². The fraction of sp³-hybridized carbons (Fsp3) is 0.417. The van der Waals surface area contributed by atoms with E-state index in [4.69, 9.17) is 5.73 Å². The molecule has 4 heteroatoms. The molecule has 1 atom stereocenters. The highest BCUT2D eigenvalue weighted by Gasteiger charge is 2.16. The van der Waals surface area contributed by atoms with Gasteiger partial charge in [0.1, 0.15) is 5.82 Å². The number of amides is 1. The highest BCUT2D eigenvalue weighted by atomic mass is 19.1. The second kappa shape index (κ2) is 6.23. The third-order valence-corrected chi connectivity index (χ3v) is 2.33. The topological polar surface area (TPSA) is 55.1 Å². The van der Waals surface area contributed by atoms with Crippen LogP contribution in [0.1, 0.15) is 31.4 Å². The van der Waals surface area contributed by atoms with Crippen molar-refractivity contribution in [2.45, 2.75) is 25.8 Å². The Kier molecular flexibility index (Phi) is 4.92. The Morgan fingerprint density at radius 3 is 2.75 bits per heavy atom. The molecule has 0 saturated carbocycles. The lowest BCUT2D eigenvalue weighted by atomic mass is 10.0. The number of carbonyl (C=O) groups excluding carboxylic acids is 1. The van der Waals surface area contributed by atoms with Crippen molar-refractivity contribution < 1.29 is 9.18 Å². The summed E-state index contributed by atoms with van der Waals surface area (Å²) in [4.78, 5) is 10.9. The van der Waals surface area contributed by atoms with E-state index in [-0.39, 0.29) is 18.3 Å². The van der Waals surface area contributed by atoms with Crippen LogP contribution < -0.4 is 11.1 Å². The van der Waals surface area contributed by atoms with Crippen LogP contribution in [0, 0.1) is 5.82 Å². The van der Waals surface area contributed by atoms with Gasteiger partial charge in [0.05, 0.1) is 0 Å². The fourth-order valence-corrected chi connectivity index (χ4v) is 1.57. The molecular formula is C12H17FN2O. The first-order valence-electron chi connectivity index (χ1n) is 5.41. The van der Waals surface area contributed by atoms with Crippen LogP contribution in [0.2, 0.25) is 0 Å². The van der Waals surface area contributed by atoms with Crippen LogP contribution in [0.15, 0.2) is 24.3 Å². The van der Waals surface area contributed by atoms with E-state index in [2.05, 4.69) is 5.32 Å². The zero-order valence-corrected chi connectivity index (χ0v) is 9.37. The highest BCUT2D eigenvalue weighted by Crippen LogP contribution is 2.19. The van der Waals surface area contributed by atoms with E-state index in [9.17, 15) is 9.18 Å². The van der Waals surface area contributed by atoms with Crippen molar-refractivity contribution in [3.05, 3.63) is 35.6 Å². The number of nitrogens with two attached hydrogens (primary N) is 1. The number of primary amides is 1. The van der Waals surface area contributed by atoms with Crippen LogP contribution >= 0.6 is 0 Å². The van der Waals surface area contributed by atoms with Crippen LogP contribution in [-0.2, 0) is 4.79 Å². The molecule has 0 saturated heterocycles. The average molecular weight is 224 g/mol. The first kappa shape index (κ1) is 12.6. The van der Waals surface area contributed by atoms with Gasteiger partial charge in [-0.3, -0.25) is 4.79 Å². The summed E-state index contributed by atoms with van der Waals surface area (Å²) < 4.78 is 13.5. The molecule has 1 aromatic rings. The Balaban J connectivity index is 2.82. The molecule has 0 radical (unpaired) electrons. The van der Waals surface area contributed by atoms with Crippen LogP contribution in [0.4, 0.5) is 4.39 Å². The normalized spacial score (nSPS) is 12.4. The molecule has 3 nitrogen and oxygen atoms in total. The van der Waals surface area contributed by atoms with Crippen LogP contribution in [-0.4, -0.2) is 12.5 Å². The van der Waals surface area contributed by atoms with Gasteiger partial charge in [-0.1, -0.05) is 25.1 Å². The number of benzene rings is 1. The first-order valence-corrected chi connectivity index (χ1v) is 5.41. The quantitative estimate of drug-likeness (QED) is 0.773. The molecule has 0 aliphatic rings. The van der Waals surface area contributed by atoms with Gasteiger partial charge in [0.15, 0.2) is 0 Å². The van der Waals surface area contributed by atoms with Crippen LogP contribution in [0.5, 0.6) is 0 Å². The van der Waals surface area contributed by atoms with E-state index in [0.29, 0.717) is 5.56 Å². The van der Waals surface area contributed by atoms with Crippen molar-refractivity contribution in [1.29, 1.82) is 0 Å². The monoisotopic (exact) mass is 224 g/mol. The largest absolute Gasteiger partial charge is 0.370 e. The predicted molar refractivity (Wildman–Crippen MR) is 61.2 cm³/mol. The summed E-state index contributed by atoms with van der Waals surface area (Å²) in [7, 11) is 0.